The zero-order valence-corrected chi connectivity index (χ0v) is 14.5. The third kappa shape index (κ3) is 3.25. The van der Waals surface area contributed by atoms with Crippen molar-refractivity contribution in [3.63, 3.8) is 0 Å². The minimum Gasteiger partial charge on any atom is -0.496 e. The molecule has 6 heteroatoms. The molecule has 2 heterocycles. The van der Waals surface area contributed by atoms with Gasteiger partial charge in [-0.25, -0.2) is 4.98 Å². The molecule has 1 aromatic heterocycles. The molecule has 1 aromatic carbocycles. The van der Waals surface area contributed by atoms with Crippen LogP contribution in [0.2, 0.25) is 0 Å². The van der Waals surface area contributed by atoms with E-state index >= 15 is 0 Å². The number of aryl methyl sites for hydroxylation is 2. The summed E-state index contributed by atoms with van der Waals surface area (Å²) in [6, 6.07) is 3.76. The summed E-state index contributed by atoms with van der Waals surface area (Å²) in [4.78, 5) is 6.51. The molecule has 0 spiro atoms. The smallest absolute Gasteiger partial charge is 0.125 e. The van der Waals surface area contributed by atoms with E-state index in [-0.39, 0.29) is 0 Å². The second kappa shape index (κ2) is 7.23. The van der Waals surface area contributed by atoms with Crippen LogP contribution in [0.4, 0.5) is 0 Å². The highest BCUT2D eigenvalue weighted by Gasteiger charge is 2.29. The summed E-state index contributed by atoms with van der Waals surface area (Å²) in [6.45, 7) is 5.22. The number of ether oxygens (including phenoxy) is 2. The maximum atomic E-state index is 10.6. The number of imidazole rings is 1. The van der Waals surface area contributed by atoms with Gasteiger partial charge in [0.2, 0.25) is 0 Å². The topological polar surface area (TPSA) is 59.8 Å². The van der Waals surface area contributed by atoms with Crippen molar-refractivity contribution in [1.29, 1.82) is 0 Å². The van der Waals surface area contributed by atoms with Gasteiger partial charge in [-0.3, -0.25) is 4.90 Å². The lowest BCUT2D eigenvalue weighted by Gasteiger charge is -2.34. The minimum atomic E-state index is -0.561. The number of β-amino-alcohol motifs (C(OH)–C–C–N with tert-alkyl or cyclic N) is 1. The van der Waals surface area contributed by atoms with Crippen LogP contribution in [0.1, 0.15) is 29.5 Å². The number of methoxy groups -OCH3 is 2. The maximum Gasteiger partial charge on any atom is 0.125 e. The number of benzene rings is 1. The van der Waals surface area contributed by atoms with E-state index in [0.717, 1.165) is 54.5 Å². The first-order chi connectivity index (χ1) is 11.6. The second-order valence-electron chi connectivity index (χ2n) is 6.13. The molecular weight excluding hydrogens is 306 g/mol. The summed E-state index contributed by atoms with van der Waals surface area (Å²) in [5.41, 5.74) is 1.88. The Kier molecular flexibility index (Phi) is 5.06. The molecule has 0 saturated carbocycles. The van der Waals surface area contributed by atoms with Crippen LogP contribution in [0.3, 0.4) is 0 Å². The molecule has 1 atom stereocenters. The van der Waals surface area contributed by atoms with E-state index in [1.807, 2.05) is 31.5 Å². The van der Waals surface area contributed by atoms with E-state index < -0.39 is 6.10 Å². The van der Waals surface area contributed by atoms with Gasteiger partial charge in [-0.15, -0.1) is 0 Å². The van der Waals surface area contributed by atoms with Crippen LogP contribution in [0.25, 0.3) is 0 Å². The second-order valence-corrected chi connectivity index (χ2v) is 6.13. The molecule has 0 aliphatic carbocycles. The van der Waals surface area contributed by atoms with Gasteiger partial charge in [-0.2, -0.15) is 0 Å². The van der Waals surface area contributed by atoms with E-state index in [1.165, 1.54) is 0 Å². The monoisotopic (exact) mass is 331 g/mol. The average molecular weight is 331 g/mol. The van der Waals surface area contributed by atoms with Gasteiger partial charge in [0.1, 0.15) is 17.3 Å². The fourth-order valence-electron chi connectivity index (χ4n) is 3.42. The SMILES string of the molecule is COc1ccc(OC)c2c1CN(CCCn1ccnc1C)CC2O. The number of aliphatic hydroxyl groups excluding tert-OH is 1. The van der Waals surface area contributed by atoms with Gasteiger partial charge in [-0.05, 0) is 25.5 Å². The Bertz CT molecular complexity index is 699. The van der Waals surface area contributed by atoms with Gasteiger partial charge >= 0.3 is 0 Å². The largest absolute Gasteiger partial charge is 0.496 e. The third-order valence-corrected chi connectivity index (χ3v) is 4.66. The van der Waals surface area contributed by atoms with Crippen LogP contribution >= 0.6 is 0 Å². The van der Waals surface area contributed by atoms with E-state index in [2.05, 4.69) is 14.5 Å². The summed E-state index contributed by atoms with van der Waals surface area (Å²) in [7, 11) is 3.30. The average Bonchev–Trinajstić information content (AvgIpc) is 2.99. The molecule has 1 N–H and O–H groups in total. The number of rotatable bonds is 6. The highest BCUT2D eigenvalue weighted by Crippen LogP contribution is 2.39. The first-order valence-electron chi connectivity index (χ1n) is 8.26. The van der Waals surface area contributed by atoms with Crippen molar-refractivity contribution >= 4 is 0 Å². The lowest BCUT2D eigenvalue weighted by atomic mass is 9.95. The zero-order valence-electron chi connectivity index (χ0n) is 14.5. The molecular formula is C18H25N3O3. The summed E-state index contributed by atoms with van der Waals surface area (Å²) in [6.07, 6.45) is 4.27. The minimum absolute atomic E-state index is 0.561. The number of hydrogen-bond donors (Lipinski definition) is 1. The van der Waals surface area contributed by atoms with Crippen LogP contribution in [0.5, 0.6) is 11.5 Å². The van der Waals surface area contributed by atoms with Crippen LogP contribution in [-0.4, -0.2) is 46.9 Å². The number of nitrogens with zero attached hydrogens (tertiary/aromatic N) is 3. The summed E-state index contributed by atoms with van der Waals surface area (Å²) < 4.78 is 13.0. The Labute approximate surface area is 142 Å². The van der Waals surface area contributed by atoms with Crippen molar-refractivity contribution in [1.82, 2.24) is 14.5 Å². The molecule has 0 saturated heterocycles. The third-order valence-electron chi connectivity index (χ3n) is 4.66. The van der Waals surface area contributed by atoms with E-state index in [0.29, 0.717) is 6.54 Å². The molecule has 1 aliphatic heterocycles. The molecule has 0 bridgehead atoms. The van der Waals surface area contributed by atoms with Gasteiger partial charge in [0.25, 0.3) is 0 Å². The van der Waals surface area contributed by atoms with Crippen LogP contribution in [0.15, 0.2) is 24.5 Å². The predicted molar refractivity (Wildman–Crippen MR) is 91.4 cm³/mol. The van der Waals surface area contributed by atoms with Gasteiger partial charge in [0.05, 0.1) is 20.3 Å². The predicted octanol–water partition coefficient (Wildman–Crippen LogP) is 2.15. The Morgan fingerprint density at radius 2 is 1.96 bits per heavy atom. The molecule has 0 radical (unpaired) electrons. The van der Waals surface area contributed by atoms with E-state index in [9.17, 15) is 5.11 Å². The number of aromatic nitrogens is 2. The van der Waals surface area contributed by atoms with Crippen molar-refractivity contribution in [2.45, 2.75) is 32.5 Å². The Hall–Kier alpha value is -2.05. The van der Waals surface area contributed by atoms with Gasteiger partial charge in [0, 0.05) is 49.7 Å². The highest BCUT2D eigenvalue weighted by molar-refractivity contribution is 5.51. The molecule has 6 nitrogen and oxygen atoms in total. The zero-order chi connectivity index (χ0) is 17.1. The summed E-state index contributed by atoms with van der Waals surface area (Å²) in [5, 5.41) is 10.6. The summed E-state index contributed by atoms with van der Waals surface area (Å²) in [5.74, 6) is 2.57. The lowest BCUT2D eigenvalue weighted by Crippen LogP contribution is -2.35. The number of fused-ring (bicyclic) bond motifs is 1. The van der Waals surface area contributed by atoms with E-state index in [4.69, 9.17) is 9.47 Å². The normalized spacial score (nSPS) is 17.6. The lowest BCUT2D eigenvalue weighted by molar-refractivity contribution is 0.0870. The molecule has 0 fully saturated rings. The standard InChI is InChI=1S/C18H25N3O3/c1-13-19-7-10-21(13)9-4-8-20-11-14-16(23-2)5-6-17(24-3)18(14)15(22)12-20/h5-7,10,15,22H,4,8-9,11-12H2,1-3H3. The number of hydrogen-bond acceptors (Lipinski definition) is 5. The molecule has 1 unspecified atom stereocenters. The first kappa shape index (κ1) is 16.8. The molecule has 2 aromatic rings. The molecule has 1 aliphatic rings. The molecule has 130 valence electrons. The molecule has 3 rings (SSSR count). The van der Waals surface area contributed by atoms with Crippen molar-refractivity contribution in [3.8, 4) is 11.5 Å². The maximum absolute atomic E-state index is 10.6. The fraction of sp³-hybridized carbons (Fsp3) is 0.500. The Balaban J connectivity index is 1.70. The van der Waals surface area contributed by atoms with Crippen molar-refractivity contribution in [2.75, 3.05) is 27.3 Å². The Morgan fingerprint density at radius 3 is 2.62 bits per heavy atom. The summed E-state index contributed by atoms with van der Waals surface area (Å²) >= 11 is 0. The van der Waals surface area contributed by atoms with Crippen molar-refractivity contribution in [3.05, 3.63) is 41.5 Å². The van der Waals surface area contributed by atoms with Crippen LogP contribution < -0.4 is 9.47 Å². The molecule has 0 amide bonds. The van der Waals surface area contributed by atoms with Crippen molar-refractivity contribution < 1.29 is 14.6 Å². The van der Waals surface area contributed by atoms with Crippen molar-refractivity contribution in [2.24, 2.45) is 0 Å². The van der Waals surface area contributed by atoms with E-state index in [1.54, 1.807) is 14.2 Å². The van der Waals surface area contributed by atoms with Gasteiger partial charge in [0.15, 0.2) is 0 Å². The van der Waals surface area contributed by atoms with Crippen LogP contribution in [0, 0.1) is 6.92 Å². The Morgan fingerprint density at radius 1 is 1.21 bits per heavy atom. The molecule has 24 heavy (non-hydrogen) atoms. The number of aliphatic hydroxyl groups is 1. The van der Waals surface area contributed by atoms with Crippen LogP contribution in [-0.2, 0) is 13.1 Å². The fourth-order valence-corrected chi connectivity index (χ4v) is 3.42. The van der Waals surface area contributed by atoms with Gasteiger partial charge in [-0.1, -0.05) is 0 Å². The quantitative estimate of drug-likeness (QED) is 0.879. The van der Waals surface area contributed by atoms with Gasteiger partial charge < -0.3 is 19.1 Å². The first-order valence-corrected chi connectivity index (χ1v) is 8.26. The highest BCUT2D eigenvalue weighted by atomic mass is 16.5.